The molecular formula is C18H24ClN5O2. The molecule has 1 atom stereocenters. The minimum atomic E-state index is -0.354. The van der Waals surface area contributed by atoms with Gasteiger partial charge in [-0.2, -0.15) is 0 Å². The molecule has 140 valence electrons. The summed E-state index contributed by atoms with van der Waals surface area (Å²) in [6.45, 7) is 3.80. The van der Waals surface area contributed by atoms with Crippen LogP contribution in [0.15, 0.2) is 46.2 Å². The van der Waals surface area contributed by atoms with Crippen molar-refractivity contribution in [2.45, 2.75) is 32.5 Å². The molecule has 0 aliphatic rings. The molecule has 2 N–H and O–H groups in total. The van der Waals surface area contributed by atoms with Crippen LogP contribution in [0.4, 0.5) is 0 Å². The topological polar surface area (TPSA) is 78.4 Å². The van der Waals surface area contributed by atoms with Crippen LogP contribution >= 0.6 is 0 Å². The molecule has 0 spiro atoms. The van der Waals surface area contributed by atoms with Gasteiger partial charge < -0.3 is 22.3 Å². The molecule has 3 aromatic rings. The second-order valence-corrected chi connectivity index (χ2v) is 6.51. The van der Waals surface area contributed by atoms with Crippen molar-refractivity contribution in [3.05, 3.63) is 63.1 Å². The van der Waals surface area contributed by atoms with Crippen LogP contribution in [0.1, 0.15) is 18.9 Å². The average Bonchev–Trinajstić information content (AvgIpc) is 3.06. The second-order valence-electron chi connectivity index (χ2n) is 6.51. The number of aromatic nitrogens is 4. The van der Waals surface area contributed by atoms with Gasteiger partial charge in [-0.3, -0.25) is 13.9 Å². The molecule has 0 fully saturated rings. The fraction of sp³-hybridized carbons (Fsp3) is 0.389. The standard InChI is InChI=1S/C18H23N5O2.ClH/c1-13(19-11-14-7-5-4-6-8-14)9-10-23-12-20-16-15(23)17(24)22(3)18(25)21(16)2;/h4-8,12-13,19H,9-11H2,1-3H3;1H. The number of hydrogen-bond donors (Lipinski definition) is 1. The van der Waals surface area contributed by atoms with E-state index in [0.717, 1.165) is 17.5 Å². The number of halogens is 1. The fourth-order valence-electron chi connectivity index (χ4n) is 2.98. The van der Waals surface area contributed by atoms with Crippen molar-refractivity contribution in [2.75, 3.05) is 0 Å². The van der Waals surface area contributed by atoms with Crippen LogP contribution < -0.4 is 29.0 Å². The summed E-state index contributed by atoms with van der Waals surface area (Å²) in [6.07, 6.45) is 2.56. The number of fused-ring (bicyclic) bond motifs is 1. The zero-order valence-corrected chi connectivity index (χ0v) is 16.0. The lowest BCUT2D eigenvalue weighted by molar-refractivity contribution is -0.702. The molecule has 26 heavy (non-hydrogen) atoms. The predicted molar refractivity (Wildman–Crippen MR) is 96.4 cm³/mol. The molecule has 8 heteroatoms. The maximum Gasteiger partial charge on any atom is 0.332 e. The van der Waals surface area contributed by atoms with E-state index in [-0.39, 0.29) is 23.7 Å². The highest BCUT2D eigenvalue weighted by molar-refractivity contribution is 5.69. The molecule has 1 unspecified atom stereocenters. The maximum atomic E-state index is 12.4. The number of nitrogens with two attached hydrogens (primary N) is 1. The first kappa shape index (κ1) is 19.9. The van der Waals surface area contributed by atoms with Crippen LogP contribution in [0.25, 0.3) is 11.2 Å². The molecule has 0 saturated carbocycles. The highest BCUT2D eigenvalue weighted by Crippen LogP contribution is 2.06. The number of hydrogen-bond acceptors (Lipinski definition) is 3. The van der Waals surface area contributed by atoms with Crippen LogP contribution in [-0.4, -0.2) is 24.7 Å². The van der Waals surface area contributed by atoms with Crippen molar-refractivity contribution in [2.24, 2.45) is 14.1 Å². The number of aryl methyl sites for hydroxylation is 2. The summed E-state index contributed by atoms with van der Waals surface area (Å²) in [6, 6.07) is 10.8. The number of rotatable bonds is 6. The summed E-state index contributed by atoms with van der Waals surface area (Å²) in [4.78, 5) is 28.6. The molecule has 3 rings (SSSR count). The van der Waals surface area contributed by atoms with E-state index < -0.39 is 0 Å². The van der Waals surface area contributed by atoms with Crippen LogP contribution in [0, 0.1) is 0 Å². The van der Waals surface area contributed by atoms with Crippen molar-refractivity contribution < 1.29 is 17.7 Å². The zero-order chi connectivity index (χ0) is 18.0. The van der Waals surface area contributed by atoms with E-state index >= 15 is 0 Å². The van der Waals surface area contributed by atoms with Gasteiger partial charge in [-0.1, -0.05) is 30.3 Å². The van der Waals surface area contributed by atoms with E-state index in [1.807, 2.05) is 22.8 Å². The molecule has 2 aromatic heterocycles. The Morgan fingerprint density at radius 1 is 1.12 bits per heavy atom. The van der Waals surface area contributed by atoms with E-state index in [9.17, 15) is 9.59 Å². The Labute approximate surface area is 157 Å². The SMILES string of the molecule is CC(CCn1cnc2c1c(=O)n(C)c(=O)n2C)[NH2+]Cc1ccccc1.[Cl-]. The summed E-state index contributed by atoms with van der Waals surface area (Å²) in [7, 11) is 3.13. The Hall–Kier alpha value is -2.38. The number of nitrogens with zero attached hydrogens (tertiary/aromatic N) is 4. The molecule has 1 aromatic carbocycles. The van der Waals surface area contributed by atoms with Crippen LogP contribution in [0.2, 0.25) is 0 Å². The molecule has 7 nitrogen and oxygen atoms in total. The largest absolute Gasteiger partial charge is 1.00 e. The zero-order valence-electron chi connectivity index (χ0n) is 15.2. The molecule has 0 amide bonds. The van der Waals surface area contributed by atoms with E-state index in [1.165, 1.54) is 17.2 Å². The Balaban J connectivity index is 0.00000243. The molecular weight excluding hydrogens is 354 g/mol. The quantitative estimate of drug-likeness (QED) is 0.496. The van der Waals surface area contributed by atoms with Crippen molar-refractivity contribution in [3.8, 4) is 0 Å². The van der Waals surface area contributed by atoms with Gasteiger partial charge in [-0.15, -0.1) is 0 Å². The molecule has 0 radical (unpaired) electrons. The van der Waals surface area contributed by atoms with E-state index in [1.54, 1.807) is 13.4 Å². The second kappa shape index (κ2) is 8.33. The van der Waals surface area contributed by atoms with Gasteiger partial charge >= 0.3 is 5.69 Å². The number of benzene rings is 1. The summed E-state index contributed by atoms with van der Waals surface area (Å²) in [5.41, 5.74) is 1.57. The normalized spacial score (nSPS) is 12.1. The van der Waals surface area contributed by atoms with Crippen LogP contribution in [-0.2, 0) is 27.2 Å². The summed E-state index contributed by atoms with van der Waals surface area (Å²) in [5.74, 6) is 0. The lowest BCUT2D eigenvalue weighted by Crippen LogP contribution is -3.00. The minimum absolute atomic E-state index is 0. The third-order valence-corrected chi connectivity index (χ3v) is 4.64. The van der Waals surface area contributed by atoms with E-state index in [4.69, 9.17) is 0 Å². The Kier molecular flexibility index (Phi) is 6.39. The maximum absolute atomic E-state index is 12.4. The van der Waals surface area contributed by atoms with Gasteiger partial charge in [-0.25, -0.2) is 9.78 Å². The summed E-state index contributed by atoms with van der Waals surface area (Å²) < 4.78 is 4.40. The first-order valence-electron chi connectivity index (χ1n) is 8.47. The first-order chi connectivity index (χ1) is 12.0. The number of imidazole rings is 1. The van der Waals surface area contributed by atoms with Crippen molar-refractivity contribution >= 4 is 11.2 Å². The molecule has 0 saturated heterocycles. The Morgan fingerprint density at radius 3 is 2.50 bits per heavy atom. The lowest BCUT2D eigenvalue weighted by Gasteiger charge is -2.12. The van der Waals surface area contributed by atoms with Gasteiger partial charge in [0, 0.05) is 32.6 Å². The smallest absolute Gasteiger partial charge is 0.332 e. The monoisotopic (exact) mass is 377 g/mol. The highest BCUT2D eigenvalue weighted by atomic mass is 35.5. The molecule has 2 heterocycles. The average molecular weight is 378 g/mol. The summed E-state index contributed by atoms with van der Waals surface area (Å²) >= 11 is 0. The van der Waals surface area contributed by atoms with Crippen molar-refractivity contribution in [1.29, 1.82) is 0 Å². The summed E-state index contributed by atoms with van der Waals surface area (Å²) in [5, 5.41) is 2.29. The third-order valence-electron chi connectivity index (χ3n) is 4.64. The van der Waals surface area contributed by atoms with Gasteiger partial charge in [0.1, 0.15) is 6.54 Å². The third kappa shape index (κ3) is 3.89. The predicted octanol–water partition coefficient (Wildman–Crippen LogP) is -3.02. The van der Waals surface area contributed by atoms with E-state index in [2.05, 4.69) is 29.4 Å². The highest BCUT2D eigenvalue weighted by Gasteiger charge is 2.15. The van der Waals surface area contributed by atoms with Gasteiger partial charge in [0.05, 0.1) is 12.4 Å². The molecule has 0 bridgehead atoms. The Bertz CT molecular complexity index is 990. The van der Waals surface area contributed by atoms with Crippen LogP contribution in [0.3, 0.4) is 0 Å². The van der Waals surface area contributed by atoms with Crippen LogP contribution in [0.5, 0.6) is 0 Å². The Morgan fingerprint density at radius 2 is 1.81 bits per heavy atom. The van der Waals surface area contributed by atoms with Gasteiger partial charge in [-0.05, 0) is 6.92 Å². The van der Waals surface area contributed by atoms with Crippen molar-refractivity contribution in [1.82, 2.24) is 18.7 Å². The first-order valence-corrected chi connectivity index (χ1v) is 8.47. The van der Waals surface area contributed by atoms with E-state index in [0.29, 0.717) is 23.8 Å². The molecule has 0 aliphatic carbocycles. The lowest BCUT2D eigenvalue weighted by atomic mass is 10.2. The van der Waals surface area contributed by atoms with Gasteiger partial charge in [0.2, 0.25) is 0 Å². The van der Waals surface area contributed by atoms with Gasteiger partial charge in [0.15, 0.2) is 11.2 Å². The minimum Gasteiger partial charge on any atom is -1.00 e. The van der Waals surface area contributed by atoms with Crippen molar-refractivity contribution in [3.63, 3.8) is 0 Å². The number of quaternary nitrogens is 1. The fourth-order valence-corrected chi connectivity index (χ4v) is 2.98. The van der Waals surface area contributed by atoms with Gasteiger partial charge in [0.25, 0.3) is 5.56 Å². The molecule has 0 aliphatic heterocycles.